The molecule has 1 aliphatic carbocycles. The van der Waals surface area contributed by atoms with Crippen LogP contribution in [0.5, 0.6) is 0 Å². The van der Waals surface area contributed by atoms with Crippen LogP contribution >= 0.6 is 0 Å². The molecule has 1 aliphatic heterocycles. The standard InChI is InChI=1S/C15H21N3O2/c1-17-13-9-11(5-6-12(13)14(16)15(17)19)18(7-8-20-2)10-3-4-10/h5-6,9-10,14H,3-4,7-8,16H2,1-2H3. The van der Waals surface area contributed by atoms with E-state index in [2.05, 4.69) is 17.0 Å². The molecule has 0 bridgehead atoms. The Hall–Kier alpha value is -1.59. The van der Waals surface area contributed by atoms with Gasteiger partial charge in [0.25, 0.3) is 0 Å². The lowest BCUT2D eigenvalue weighted by Gasteiger charge is -2.25. The Morgan fingerprint density at radius 1 is 1.45 bits per heavy atom. The summed E-state index contributed by atoms with van der Waals surface area (Å²) in [5.74, 6) is -0.0352. The van der Waals surface area contributed by atoms with E-state index in [0.29, 0.717) is 12.6 Å². The summed E-state index contributed by atoms with van der Waals surface area (Å²) in [5.41, 5.74) is 8.94. The van der Waals surface area contributed by atoms with Crippen LogP contribution < -0.4 is 15.5 Å². The largest absolute Gasteiger partial charge is 0.383 e. The molecule has 0 radical (unpaired) electrons. The maximum absolute atomic E-state index is 11.9. The van der Waals surface area contributed by atoms with Gasteiger partial charge in [-0.05, 0) is 25.0 Å². The molecule has 2 aliphatic rings. The molecule has 1 amide bonds. The minimum atomic E-state index is -0.516. The summed E-state index contributed by atoms with van der Waals surface area (Å²) < 4.78 is 5.19. The smallest absolute Gasteiger partial charge is 0.248 e. The molecular weight excluding hydrogens is 254 g/mol. The van der Waals surface area contributed by atoms with Gasteiger partial charge in [-0.25, -0.2) is 0 Å². The van der Waals surface area contributed by atoms with Crippen LogP contribution in [0.25, 0.3) is 0 Å². The van der Waals surface area contributed by atoms with Gasteiger partial charge in [-0.15, -0.1) is 0 Å². The summed E-state index contributed by atoms with van der Waals surface area (Å²) in [5, 5.41) is 0. The number of fused-ring (bicyclic) bond motifs is 1. The fraction of sp³-hybridized carbons (Fsp3) is 0.533. The van der Waals surface area contributed by atoms with Gasteiger partial charge in [-0.3, -0.25) is 4.79 Å². The quantitative estimate of drug-likeness (QED) is 0.879. The lowest BCUT2D eigenvalue weighted by atomic mass is 10.1. The van der Waals surface area contributed by atoms with Crippen molar-refractivity contribution in [3.63, 3.8) is 0 Å². The molecule has 1 saturated carbocycles. The number of nitrogens with zero attached hydrogens (tertiary/aromatic N) is 2. The highest BCUT2D eigenvalue weighted by atomic mass is 16.5. The lowest BCUT2D eigenvalue weighted by molar-refractivity contribution is -0.118. The number of nitrogens with two attached hydrogens (primary N) is 1. The van der Waals surface area contributed by atoms with Crippen molar-refractivity contribution in [2.75, 3.05) is 37.1 Å². The average Bonchev–Trinajstić information content (AvgIpc) is 3.27. The number of hydrogen-bond donors (Lipinski definition) is 1. The van der Waals surface area contributed by atoms with Gasteiger partial charge >= 0.3 is 0 Å². The zero-order valence-corrected chi connectivity index (χ0v) is 12.0. The molecule has 3 rings (SSSR count). The summed E-state index contributed by atoms with van der Waals surface area (Å²) in [4.78, 5) is 16.0. The summed E-state index contributed by atoms with van der Waals surface area (Å²) >= 11 is 0. The second-order valence-corrected chi connectivity index (χ2v) is 5.54. The van der Waals surface area contributed by atoms with E-state index in [4.69, 9.17) is 10.5 Å². The van der Waals surface area contributed by atoms with Gasteiger partial charge in [0.15, 0.2) is 0 Å². The molecule has 1 aromatic carbocycles. The van der Waals surface area contributed by atoms with E-state index in [1.54, 1.807) is 19.1 Å². The Kier molecular flexibility index (Phi) is 3.40. The van der Waals surface area contributed by atoms with E-state index >= 15 is 0 Å². The number of hydrogen-bond acceptors (Lipinski definition) is 4. The van der Waals surface area contributed by atoms with E-state index in [1.165, 1.54) is 12.8 Å². The molecule has 108 valence electrons. The Balaban J connectivity index is 1.90. The molecule has 2 N–H and O–H groups in total. The predicted molar refractivity (Wildman–Crippen MR) is 79.0 cm³/mol. The molecule has 1 heterocycles. The van der Waals surface area contributed by atoms with Crippen LogP contribution in [0.4, 0.5) is 11.4 Å². The third-order valence-corrected chi connectivity index (χ3v) is 4.16. The van der Waals surface area contributed by atoms with E-state index in [0.717, 1.165) is 23.5 Å². The van der Waals surface area contributed by atoms with Crippen molar-refractivity contribution in [2.24, 2.45) is 5.73 Å². The Morgan fingerprint density at radius 2 is 2.20 bits per heavy atom. The van der Waals surface area contributed by atoms with E-state index in [-0.39, 0.29) is 5.91 Å². The third kappa shape index (κ3) is 2.17. The van der Waals surface area contributed by atoms with Crippen molar-refractivity contribution < 1.29 is 9.53 Å². The molecule has 5 heteroatoms. The van der Waals surface area contributed by atoms with Crippen molar-refractivity contribution in [1.82, 2.24) is 0 Å². The second-order valence-electron chi connectivity index (χ2n) is 5.54. The molecule has 20 heavy (non-hydrogen) atoms. The topological polar surface area (TPSA) is 58.8 Å². The number of benzene rings is 1. The maximum Gasteiger partial charge on any atom is 0.248 e. The van der Waals surface area contributed by atoms with E-state index in [1.807, 2.05) is 6.07 Å². The number of carbonyl (C=O) groups is 1. The molecule has 0 aromatic heterocycles. The van der Waals surface area contributed by atoms with Crippen molar-refractivity contribution in [3.8, 4) is 0 Å². The Labute approximate surface area is 119 Å². The number of rotatable bonds is 5. The molecule has 1 atom stereocenters. The molecular formula is C15H21N3O2. The highest BCUT2D eigenvalue weighted by Gasteiger charge is 2.34. The van der Waals surface area contributed by atoms with Crippen molar-refractivity contribution in [3.05, 3.63) is 23.8 Å². The normalized spacial score (nSPS) is 21.2. The SMILES string of the molecule is COCCN(c1ccc2c(c1)N(C)C(=O)C2N)C1CC1. The number of likely N-dealkylation sites (N-methyl/N-ethyl adjacent to an activating group) is 1. The first-order valence-corrected chi connectivity index (χ1v) is 7.06. The van der Waals surface area contributed by atoms with Gasteiger partial charge in [-0.1, -0.05) is 6.07 Å². The molecule has 1 fully saturated rings. The summed E-state index contributed by atoms with van der Waals surface area (Å²) in [6.07, 6.45) is 2.46. The summed E-state index contributed by atoms with van der Waals surface area (Å²) in [6, 6.07) is 6.23. The number of carbonyl (C=O) groups excluding carboxylic acids is 1. The van der Waals surface area contributed by atoms with Crippen LogP contribution in [0.3, 0.4) is 0 Å². The van der Waals surface area contributed by atoms with Crippen molar-refractivity contribution in [1.29, 1.82) is 0 Å². The second kappa shape index (κ2) is 5.07. The molecule has 1 aromatic rings. The van der Waals surface area contributed by atoms with Crippen LogP contribution in [0.15, 0.2) is 18.2 Å². The van der Waals surface area contributed by atoms with Crippen LogP contribution in [0.2, 0.25) is 0 Å². The fourth-order valence-electron chi connectivity index (χ4n) is 2.82. The number of methoxy groups -OCH3 is 1. The van der Waals surface area contributed by atoms with Gasteiger partial charge in [0.2, 0.25) is 5.91 Å². The van der Waals surface area contributed by atoms with Gasteiger partial charge < -0.3 is 20.3 Å². The maximum atomic E-state index is 11.9. The van der Waals surface area contributed by atoms with Gasteiger partial charge in [0, 0.05) is 38.0 Å². The Morgan fingerprint density at radius 3 is 2.85 bits per heavy atom. The minimum Gasteiger partial charge on any atom is -0.383 e. The predicted octanol–water partition coefficient (Wildman–Crippen LogP) is 1.28. The summed E-state index contributed by atoms with van der Waals surface area (Å²) in [7, 11) is 3.51. The van der Waals surface area contributed by atoms with Crippen LogP contribution in [-0.2, 0) is 9.53 Å². The first-order chi connectivity index (χ1) is 9.63. The average molecular weight is 275 g/mol. The number of amides is 1. The third-order valence-electron chi connectivity index (χ3n) is 4.16. The van der Waals surface area contributed by atoms with E-state index < -0.39 is 6.04 Å². The first kappa shape index (κ1) is 13.4. The number of ether oxygens (including phenoxy) is 1. The van der Waals surface area contributed by atoms with E-state index in [9.17, 15) is 4.79 Å². The van der Waals surface area contributed by atoms with Crippen LogP contribution in [0, 0.1) is 0 Å². The van der Waals surface area contributed by atoms with Gasteiger partial charge in [0.05, 0.1) is 12.3 Å². The number of anilines is 2. The highest BCUT2D eigenvalue weighted by molar-refractivity contribution is 6.04. The van der Waals surface area contributed by atoms with Gasteiger partial charge in [-0.2, -0.15) is 0 Å². The zero-order valence-electron chi connectivity index (χ0n) is 12.0. The van der Waals surface area contributed by atoms with Gasteiger partial charge in [0.1, 0.15) is 6.04 Å². The molecule has 0 saturated heterocycles. The zero-order chi connectivity index (χ0) is 14.3. The Bertz CT molecular complexity index is 528. The van der Waals surface area contributed by atoms with Crippen molar-refractivity contribution >= 4 is 17.3 Å². The first-order valence-electron chi connectivity index (χ1n) is 7.06. The van der Waals surface area contributed by atoms with Crippen LogP contribution in [0.1, 0.15) is 24.4 Å². The molecule has 1 unspecified atom stereocenters. The molecule has 0 spiro atoms. The minimum absolute atomic E-state index is 0.0352. The summed E-state index contributed by atoms with van der Waals surface area (Å²) in [6.45, 7) is 1.59. The van der Waals surface area contributed by atoms with Crippen molar-refractivity contribution in [2.45, 2.75) is 24.9 Å². The van der Waals surface area contributed by atoms with Crippen LogP contribution in [-0.4, -0.2) is 39.3 Å². The highest BCUT2D eigenvalue weighted by Crippen LogP contribution is 2.39. The fourth-order valence-corrected chi connectivity index (χ4v) is 2.82. The lowest BCUT2D eigenvalue weighted by Crippen LogP contribution is -2.29. The monoisotopic (exact) mass is 275 g/mol. The molecule has 5 nitrogen and oxygen atoms in total.